The Labute approximate surface area is 120 Å². The topological polar surface area (TPSA) is 105 Å². The zero-order valence-corrected chi connectivity index (χ0v) is 11.9. The van der Waals surface area contributed by atoms with E-state index in [1.807, 2.05) is 0 Å². The molecule has 0 unspecified atom stereocenters. The minimum absolute atomic E-state index is 0.121. The van der Waals surface area contributed by atoms with Crippen molar-refractivity contribution in [2.24, 2.45) is 0 Å². The Morgan fingerprint density at radius 1 is 1.29 bits per heavy atom. The van der Waals surface area contributed by atoms with E-state index in [1.54, 1.807) is 20.8 Å². The number of amides is 1. The molecule has 0 radical (unpaired) electrons. The number of nitro benzene ring substituents is 1. The van der Waals surface area contributed by atoms with E-state index in [9.17, 15) is 19.7 Å². The zero-order valence-electron chi connectivity index (χ0n) is 11.9. The van der Waals surface area contributed by atoms with E-state index in [2.05, 4.69) is 10.3 Å². The molecule has 1 amide bonds. The lowest BCUT2D eigenvalue weighted by molar-refractivity contribution is -0.384. The number of carbonyl (C=O) groups excluding carboxylic acids is 2. The smallest absolute Gasteiger partial charge is 0.292 e. The number of hydrogen-bond acceptors (Lipinski definition) is 4. The first-order valence-electron chi connectivity index (χ1n) is 6.31. The van der Waals surface area contributed by atoms with Gasteiger partial charge in [0.2, 0.25) is 0 Å². The number of nitro groups is 1. The number of nitrogens with zero attached hydrogens (tertiary/aromatic N) is 1. The van der Waals surface area contributed by atoms with Gasteiger partial charge in [-0.2, -0.15) is 0 Å². The van der Waals surface area contributed by atoms with Gasteiger partial charge in [-0.15, -0.1) is 0 Å². The molecule has 0 spiro atoms. The lowest BCUT2D eigenvalue weighted by Crippen LogP contribution is -2.44. The summed E-state index contributed by atoms with van der Waals surface area (Å²) in [5, 5.41) is 13.7. The summed E-state index contributed by atoms with van der Waals surface area (Å²) < 4.78 is 0. The molecule has 7 nitrogen and oxygen atoms in total. The van der Waals surface area contributed by atoms with E-state index >= 15 is 0 Å². The van der Waals surface area contributed by atoms with Crippen LogP contribution in [0.15, 0.2) is 24.4 Å². The van der Waals surface area contributed by atoms with Crippen molar-refractivity contribution < 1.29 is 14.5 Å². The first kappa shape index (κ1) is 14.7. The lowest BCUT2D eigenvalue weighted by atomic mass is 10.1. The van der Waals surface area contributed by atoms with E-state index in [1.165, 1.54) is 24.4 Å². The van der Waals surface area contributed by atoms with E-state index in [4.69, 9.17) is 0 Å². The number of non-ortho nitro benzene ring substituents is 1. The number of benzene rings is 1. The SMILES string of the molecule is CC(C)(C)NC(=O)C(=O)c1c[nH]c2ccc([N+](=O)[O-])cc12. The highest BCUT2D eigenvalue weighted by atomic mass is 16.6. The maximum Gasteiger partial charge on any atom is 0.292 e. The summed E-state index contributed by atoms with van der Waals surface area (Å²) >= 11 is 0. The number of ketones is 1. The second-order valence-electron chi connectivity index (χ2n) is 5.72. The predicted octanol–water partition coefficient (Wildman–Crippen LogP) is 2.17. The summed E-state index contributed by atoms with van der Waals surface area (Å²) in [7, 11) is 0. The van der Waals surface area contributed by atoms with E-state index in [-0.39, 0.29) is 11.3 Å². The fourth-order valence-electron chi connectivity index (χ4n) is 1.93. The van der Waals surface area contributed by atoms with Crippen molar-refractivity contribution in [1.29, 1.82) is 0 Å². The van der Waals surface area contributed by atoms with Gasteiger partial charge >= 0.3 is 0 Å². The lowest BCUT2D eigenvalue weighted by Gasteiger charge is -2.19. The molecule has 0 atom stereocenters. The van der Waals surface area contributed by atoms with E-state index < -0.39 is 22.2 Å². The average Bonchev–Trinajstić information content (AvgIpc) is 2.78. The largest absolute Gasteiger partial charge is 0.360 e. The molecule has 2 rings (SSSR count). The number of carbonyl (C=O) groups is 2. The van der Waals surface area contributed by atoms with Crippen LogP contribution in [0.25, 0.3) is 10.9 Å². The number of fused-ring (bicyclic) bond motifs is 1. The van der Waals surface area contributed by atoms with Gasteiger partial charge in [0.25, 0.3) is 17.4 Å². The zero-order chi connectivity index (χ0) is 15.8. The van der Waals surface area contributed by atoms with Gasteiger partial charge in [-0.05, 0) is 26.8 Å². The number of rotatable bonds is 3. The van der Waals surface area contributed by atoms with Crippen molar-refractivity contribution in [3.05, 3.63) is 40.1 Å². The van der Waals surface area contributed by atoms with Crippen molar-refractivity contribution >= 4 is 28.3 Å². The molecule has 0 bridgehead atoms. The van der Waals surface area contributed by atoms with Crippen molar-refractivity contribution in [3.8, 4) is 0 Å². The van der Waals surface area contributed by atoms with Gasteiger partial charge in [0, 0.05) is 34.8 Å². The average molecular weight is 289 g/mol. The summed E-state index contributed by atoms with van der Waals surface area (Å²) in [6.45, 7) is 5.29. The highest BCUT2D eigenvalue weighted by Gasteiger charge is 2.24. The third-order valence-electron chi connectivity index (χ3n) is 2.82. The number of nitrogens with one attached hydrogen (secondary N) is 2. The second kappa shape index (κ2) is 5.01. The van der Waals surface area contributed by atoms with Gasteiger partial charge in [-0.1, -0.05) is 0 Å². The minimum Gasteiger partial charge on any atom is -0.360 e. The van der Waals surface area contributed by atoms with Crippen LogP contribution in [0.4, 0.5) is 5.69 Å². The Balaban J connectivity index is 2.42. The molecule has 1 aromatic carbocycles. The molecule has 0 aliphatic carbocycles. The van der Waals surface area contributed by atoms with Crippen molar-refractivity contribution in [2.75, 3.05) is 0 Å². The molecule has 0 aliphatic heterocycles. The van der Waals surface area contributed by atoms with E-state index in [0.29, 0.717) is 10.9 Å². The van der Waals surface area contributed by atoms with Crippen LogP contribution in [-0.2, 0) is 4.79 Å². The van der Waals surface area contributed by atoms with Crippen LogP contribution in [0.2, 0.25) is 0 Å². The molecule has 0 fully saturated rings. The van der Waals surface area contributed by atoms with Crippen LogP contribution in [0.5, 0.6) is 0 Å². The predicted molar refractivity (Wildman–Crippen MR) is 77.2 cm³/mol. The maximum absolute atomic E-state index is 12.2. The van der Waals surface area contributed by atoms with E-state index in [0.717, 1.165) is 0 Å². The normalized spacial score (nSPS) is 11.4. The van der Waals surface area contributed by atoms with Gasteiger partial charge in [-0.3, -0.25) is 19.7 Å². The Morgan fingerprint density at radius 3 is 2.52 bits per heavy atom. The molecular formula is C14H15N3O4. The second-order valence-corrected chi connectivity index (χ2v) is 5.72. The Morgan fingerprint density at radius 2 is 1.95 bits per heavy atom. The van der Waals surface area contributed by atoms with Crippen molar-refractivity contribution in [3.63, 3.8) is 0 Å². The molecule has 0 aliphatic rings. The number of H-pyrrole nitrogens is 1. The molecule has 2 aromatic rings. The number of aromatic nitrogens is 1. The number of Topliss-reactive ketones (excluding diaryl/α,β-unsaturated/α-hetero) is 1. The molecule has 2 N–H and O–H groups in total. The molecule has 21 heavy (non-hydrogen) atoms. The molecule has 0 saturated carbocycles. The summed E-state index contributed by atoms with van der Waals surface area (Å²) in [4.78, 5) is 37.2. The van der Waals surface area contributed by atoms with Gasteiger partial charge in [0.15, 0.2) is 0 Å². The Hall–Kier alpha value is -2.70. The molecule has 7 heteroatoms. The monoisotopic (exact) mass is 289 g/mol. The highest BCUT2D eigenvalue weighted by molar-refractivity contribution is 6.45. The Bertz CT molecular complexity index is 740. The highest BCUT2D eigenvalue weighted by Crippen LogP contribution is 2.24. The van der Waals surface area contributed by atoms with Crippen LogP contribution in [0.1, 0.15) is 31.1 Å². The molecule has 0 saturated heterocycles. The first-order valence-corrected chi connectivity index (χ1v) is 6.31. The minimum atomic E-state index is -0.741. The standard InChI is InChI=1S/C14H15N3O4/c1-14(2,3)16-13(19)12(18)10-7-15-11-5-4-8(17(20)21)6-9(10)11/h4-7,15H,1-3H3,(H,16,19). The van der Waals surface area contributed by atoms with Crippen LogP contribution >= 0.6 is 0 Å². The number of aromatic amines is 1. The van der Waals surface area contributed by atoms with Crippen LogP contribution in [0.3, 0.4) is 0 Å². The van der Waals surface area contributed by atoms with Gasteiger partial charge in [0.1, 0.15) is 0 Å². The fraction of sp³-hybridized carbons (Fsp3) is 0.286. The summed E-state index contributed by atoms with van der Waals surface area (Å²) in [5.74, 6) is -1.47. The van der Waals surface area contributed by atoms with Crippen molar-refractivity contribution in [1.82, 2.24) is 10.3 Å². The molecular weight excluding hydrogens is 274 g/mol. The third kappa shape index (κ3) is 3.07. The van der Waals surface area contributed by atoms with Crippen LogP contribution < -0.4 is 5.32 Å². The van der Waals surface area contributed by atoms with Gasteiger partial charge in [-0.25, -0.2) is 0 Å². The van der Waals surface area contributed by atoms with Gasteiger partial charge < -0.3 is 10.3 Å². The fourth-order valence-corrected chi connectivity index (χ4v) is 1.93. The summed E-state index contributed by atoms with van der Waals surface area (Å²) in [6, 6.07) is 4.12. The first-order chi connectivity index (χ1) is 9.69. The van der Waals surface area contributed by atoms with Crippen LogP contribution in [-0.4, -0.2) is 27.1 Å². The third-order valence-corrected chi connectivity index (χ3v) is 2.82. The number of hydrogen-bond donors (Lipinski definition) is 2. The summed E-state index contributed by atoms with van der Waals surface area (Å²) in [6.07, 6.45) is 1.39. The summed E-state index contributed by atoms with van der Waals surface area (Å²) in [5.41, 5.74) is 0.0144. The molecule has 1 aromatic heterocycles. The molecule has 1 heterocycles. The van der Waals surface area contributed by atoms with Crippen LogP contribution in [0, 0.1) is 10.1 Å². The van der Waals surface area contributed by atoms with Crippen molar-refractivity contribution in [2.45, 2.75) is 26.3 Å². The maximum atomic E-state index is 12.2. The van der Waals surface area contributed by atoms with Gasteiger partial charge in [0.05, 0.1) is 10.5 Å². The quantitative estimate of drug-likeness (QED) is 0.391. The Kier molecular flexibility index (Phi) is 3.51. The molecule has 110 valence electrons.